The van der Waals surface area contributed by atoms with Crippen LogP contribution in [0.5, 0.6) is 5.75 Å². The van der Waals surface area contributed by atoms with Crippen molar-refractivity contribution in [2.75, 3.05) is 0 Å². The van der Waals surface area contributed by atoms with Gasteiger partial charge in [-0.25, -0.2) is 4.98 Å². The lowest BCUT2D eigenvalue weighted by atomic mass is 9.90. The van der Waals surface area contributed by atoms with Gasteiger partial charge in [0.05, 0.1) is 0 Å². The van der Waals surface area contributed by atoms with Gasteiger partial charge >= 0.3 is 0 Å². The number of halogens is 1. The van der Waals surface area contributed by atoms with E-state index in [0.29, 0.717) is 28.8 Å². The second kappa shape index (κ2) is 11.7. The minimum atomic E-state index is -0.234. The maximum Gasteiger partial charge on any atom is 0.271 e. The molecule has 3 aromatic rings. The third-order valence-electron chi connectivity index (χ3n) is 6.18. The number of nitrogens with one attached hydrogen (secondary N) is 2. The van der Waals surface area contributed by atoms with Crippen LogP contribution in [0.15, 0.2) is 53.9 Å². The van der Waals surface area contributed by atoms with Crippen LogP contribution in [0.4, 0.5) is 0 Å². The average Bonchev–Trinajstić information content (AvgIpc) is 3.33. The third kappa shape index (κ3) is 6.83. The fourth-order valence-electron chi connectivity index (χ4n) is 4.18. The Hall–Kier alpha value is -2.90. The lowest BCUT2D eigenvalue weighted by molar-refractivity contribution is 0.0860. The Morgan fingerprint density at radius 1 is 1.06 bits per heavy atom. The summed E-state index contributed by atoms with van der Waals surface area (Å²) in [6.07, 6.45) is 3.62. The van der Waals surface area contributed by atoms with Crippen molar-refractivity contribution < 1.29 is 14.3 Å². The smallest absolute Gasteiger partial charge is 0.271 e. The number of ether oxygens (including phenoxy) is 1. The molecule has 2 aromatic carbocycles. The summed E-state index contributed by atoms with van der Waals surface area (Å²) in [6.45, 7) is 4.61. The zero-order valence-corrected chi connectivity index (χ0v) is 21.5. The van der Waals surface area contributed by atoms with E-state index < -0.39 is 0 Å². The summed E-state index contributed by atoms with van der Waals surface area (Å²) in [5.74, 6) is 0.824. The van der Waals surface area contributed by atoms with Crippen molar-refractivity contribution in [3.8, 4) is 5.75 Å². The van der Waals surface area contributed by atoms with Crippen molar-refractivity contribution in [3.63, 3.8) is 0 Å². The molecule has 0 spiro atoms. The summed E-state index contributed by atoms with van der Waals surface area (Å²) in [5.41, 5.74) is 2.14. The summed E-state index contributed by atoms with van der Waals surface area (Å²) in [5, 5.41) is 9.15. The molecular weight excluding hydrogens is 482 g/mol. The number of benzene rings is 2. The van der Waals surface area contributed by atoms with E-state index in [1.54, 1.807) is 29.6 Å². The van der Waals surface area contributed by atoms with Crippen molar-refractivity contribution in [1.82, 2.24) is 15.6 Å². The van der Waals surface area contributed by atoms with Gasteiger partial charge in [-0.05, 0) is 54.7 Å². The molecule has 1 heterocycles. The molecule has 184 valence electrons. The molecule has 0 aliphatic heterocycles. The SMILES string of the molecule is CC(C)c1ccc(OCc2nc(C(=O)N[C@@H]3CCCC[C@@H]3NC(=O)c3cccc(Cl)c3)cs2)cc1. The molecule has 4 rings (SSSR count). The maximum atomic E-state index is 12.9. The number of carbonyl (C=O) groups is 2. The van der Waals surface area contributed by atoms with Gasteiger partial charge in [0.15, 0.2) is 0 Å². The molecule has 2 amide bonds. The predicted molar refractivity (Wildman–Crippen MR) is 139 cm³/mol. The van der Waals surface area contributed by atoms with Crippen LogP contribution >= 0.6 is 22.9 Å². The van der Waals surface area contributed by atoms with Crippen LogP contribution in [0.2, 0.25) is 5.02 Å². The number of thiazole rings is 1. The fraction of sp³-hybridized carbons (Fsp3) is 0.370. The number of nitrogens with zero attached hydrogens (tertiary/aromatic N) is 1. The summed E-state index contributed by atoms with van der Waals surface area (Å²) in [6, 6.07) is 14.6. The molecule has 1 saturated carbocycles. The van der Waals surface area contributed by atoms with Crippen molar-refractivity contribution in [2.24, 2.45) is 0 Å². The van der Waals surface area contributed by atoms with Crippen molar-refractivity contribution in [3.05, 3.63) is 80.8 Å². The summed E-state index contributed by atoms with van der Waals surface area (Å²) in [7, 11) is 0. The number of hydrogen-bond donors (Lipinski definition) is 2. The van der Waals surface area contributed by atoms with Crippen LogP contribution in [0.25, 0.3) is 0 Å². The molecule has 1 aliphatic rings. The van der Waals surface area contributed by atoms with Gasteiger partial charge in [0.1, 0.15) is 23.1 Å². The molecule has 1 fully saturated rings. The molecule has 0 saturated heterocycles. The minimum absolute atomic E-state index is 0.144. The van der Waals surface area contributed by atoms with E-state index in [1.165, 1.54) is 16.9 Å². The monoisotopic (exact) mass is 511 g/mol. The lowest BCUT2D eigenvalue weighted by Gasteiger charge is -2.32. The predicted octanol–water partition coefficient (Wildman–Crippen LogP) is 5.97. The number of aromatic nitrogens is 1. The quantitative estimate of drug-likeness (QED) is 0.390. The zero-order chi connectivity index (χ0) is 24.8. The Labute approximate surface area is 215 Å². The Morgan fingerprint density at radius 3 is 2.40 bits per heavy atom. The highest BCUT2D eigenvalue weighted by Crippen LogP contribution is 2.22. The second-order valence-corrected chi connectivity index (χ2v) is 10.5. The van der Waals surface area contributed by atoms with Gasteiger partial charge in [0.25, 0.3) is 11.8 Å². The topological polar surface area (TPSA) is 80.3 Å². The second-order valence-electron chi connectivity index (χ2n) is 9.09. The minimum Gasteiger partial charge on any atom is -0.486 e. The standard InChI is InChI=1S/C27H30ClN3O3S/c1-17(2)18-10-12-21(13-11-18)34-15-25-29-24(16-35-25)27(33)31-23-9-4-3-8-22(23)30-26(32)19-6-5-7-20(28)14-19/h5-7,10-14,16-17,22-23H,3-4,8-9,15H2,1-2H3,(H,30,32)(H,31,33)/t22-,23+/m0/s1. The normalized spacial score (nSPS) is 17.7. The molecule has 8 heteroatoms. The maximum absolute atomic E-state index is 12.9. The highest BCUT2D eigenvalue weighted by Gasteiger charge is 2.29. The van der Waals surface area contributed by atoms with Gasteiger partial charge in [-0.1, -0.05) is 56.5 Å². The number of hydrogen-bond acceptors (Lipinski definition) is 5. The van der Waals surface area contributed by atoms with E-state index in [1.807, 2.05) is 12.1 Å². The van der Waals surface area contributed by atoms with Crippen molar-refractivity contribution in [1.29, 1.82) is 0 Å². The van der Waals surface area contributed by atoms with Crippen LogP contribution in [-0.2, 0) is 6.61 Å². The van der Waals surface area contributed by atoms with Gasteiger partial charge in [0.2, 0.25) is 0 Å². The zero-order valence-electron chi connectivity index (χ0n) is 19.9. The van der Waals surface area contributed by atoms with Crippen LogP contribution in [-0.4, -0.2) is 28.9 Å². The Bertz CT molecular complexity index is 1160. The highest BCUT2D eigenvalue weighted by molar-refractivity contribution is 7.09. The largest absolute Gasteiger partial charge is 0.486 e. The van der Waals surface area contributed by atoms with E-state index in [4.69, 9.17) is 16.3 Å². The Balaban J connectivity index is 1.32. The Kier molecular flexibility index (Phi) is 8.42. The first-order valence-electron chi connectivity index (χ1n) is 11.9. The van der Waals surface area contributed by atoms with Gasteiger partial charge in [-0.3, -0.25) is 9.59 Å². The number of rotatable bonds is 8. The molecule has 6 nitrogen and oxygen atoms in total. The molecule has 1 aromatic heterocycles. The van der Waals surface area contributed by atoms with Crippen molar-refractivity contribution >= 4 is 34.8 Å². The molecule has 0 unspecified atom stereocenters. The van der Waals surface area contributed by atoms with Crippen LogP contribution < -0.4 is 15.4 Å². The summed E-state index contributed by atoms with van der Waals surface area (Å²) in [4.78, 5) is 30.1. The van der Waals surface area contributed by atoms with Crippen LogP contribution in [0.1, 0.15) is 76.9 Å². The van der Waals surface area contributed by atoms with Gasteiger partial charge < -0.3 is 15.4 Å². The first kappa shape index (κ1) is 25.2. The molecular formula is C27H30ClN3O3S. The third-order valence-corrected chi connectivity index (χ3v) is 7.24. The van der Waals surface area contributed by atoms with E-state index >= 15 is 0 Å². The lowest BCUT2D eigenvalue weighted by Crippen LogP contribution is -2.53. The number of carbonyl (C=O) groups excluding carboxylic acids is 2. The van der Waals surface area contributed by atoms with Crippen LogP contribution in [0, 0.1) is 0 Å². The van der Waals surface area contributed by atoms with E-state index in [0.717, 1.165) is 36.4 Å². The van der Waals surface area contributed by atoms with Gasteiger partial charge in [0, 0.05) is 28.0 Å². The van der Waals surface area contributed by atoms with E-state index in [9.17, 15) is 9.59 Å². The molecule has 0 radical (unpaired) electrons. The summed E-state index contributed by atoms with van der Waals surface area (Å²) >= 11 is 7.42. The van der Waals surface area contributed by atoms with E-state index in [2.05, 4.69) is 41.6 Å². The molecule has 2 atom stereocenters. The molecule has 0 bridgehead atoms. The molecule has 1 aliphatic carbocycles. The van der Waals surface area contributed by atoms with Crippen molar-refractivity contribution in [2.45, 2.75) is 64.1 Å². The summed E-state index contributed by atoms with van der Waals surface area (Å²) < 4.78 is 5.84. The van der Waals surface area contributed by atoms with E-state index in [-0.39, 0.29) is 23.9 Å². The van der Waals surface area contributed by atoms with Gasteiger partial charge in [-0.2, -0.15) is 0 Å². The van der Waals surface area contributed by atoms with Crippen LogP contribution in [0.3, 0.4) is 0 Å². The first-order valence-corrected chi connectivity index (χ1v) is 13.2. The first-order chi connectivity index (χ1) is 16.9. The molecule has 2 N–H and O–H groups in total. The number of amides is 2. The molecule has 35 heavy (non-hydrogen) atoms. The van der Waals surface area contributed by atoms with Gasteiger partial charge in [-0.15, -0.1) is 11.3 Å². The highest BCUT2D eigenvalue weighted by atomic mass is 35.5. The Morgan fingerprint density at radius 2 is 1.74 bits per heavy atom. The average molecular weight is 512 g/mol. The fourth-order valence-corrected chi connectivity index (χ4v) is 5.05.